The zero-order valence-corrected chi connectivity index (χ0v) is 17.5. The number of aryl methyl sites for hydroxylation is 1. The molecule has 2 amide bonds. The maximum absolute atomic E-state index is 12.8. The van der Waals surface area contributed by atoms with Crippen molar-refractivity contribution in [3.05, 3.63) is 47.3 Å². The standard InChI is InChI=1S/C22H29N3O4/c1-14(2)18-7-5-6-8-20(18)28-16(4)22(27)25-11-9-17(10-12-25)23-21(26)19-13-15(3)29-24-19/h5-8,13-14,16-17H,9-12H2,1-4H3,(H,23,26). The maximum Gasteiger partial charge on any atom is 0.273 e. The van der Waals surface area contributed by atoms with Crippen LogP contribution in [0.4, 0.5) is 0 Å². The van der Waals surface area contributed by atoms with E-state index in [0.717, 1.165) is 11.3 Å². The van der Waals surface area contributed by atoms with Gasteiger partial charge >= 0.3 is 0 Å². The Hall–Kier alpha value is -2.83. The normalized spacial score (nSPS) is 16.0. The highest BCUT2D eigenvalue weighted by Crippen LogP contribution is 2.27. The van der Waals surface area contributed by atoms with Crippen molar-refractivity contribution in [1.82, 2.24) is 15.4 Å². The van der Waals surface area contributed by atoms with E-state index in [1.54, 1.807) is 19.9 Å². The van der Waals surface area contributed by atoms with Gasteiger partial charge in [0.05, 0.1) is 0 Å². The van der Waals surface area contributed by atoms with E-state index in [2.05, 4.69) is 24.3 Å². The number of amides is 2. The number of ether oxygens (including phenoxy) is 1. The fourth-order valence-corrected chi connectivity index (χ4v) is 3.54. The molecule has 0 bridgehead atoms. The van der Waals surface area contributed by atoms with Gasteiger partial charge in [0, 0.05) is 25.2 Å². The molecule has 1 fully saturated rings. The number of para-hydroxylation sites is 1. The molecule has 2 heterocycles. The lowest BCUT2D eigenvalue weighted by atomic mass is 10.0. The molecule has 1 aromatic heterocycles. The first-order valence-electron chi connectivity index (χ1n) is 10.1. The molecule has 29 heavy (non-hydrogen) atoms. The third-order valence-corrected chi connectivity index (χ3v) is 5.19. The summed E-state index contributed by atoms with van der Waals surface area (Å²) in [5.74, 6) is 1.41. The summed E-state index contributed by atoms with van der Waals surface area (Å²) in [6.07, 6.45) is 0.840. The minimum Gasteiger partial charge on any atom is -0.481 e. The minimum absolute atomic E-state index is 0.0152. The van der Waals surface area contributed by atoms with Crippen LogP contribution in [0.2, 0.25) is 0 Å². The molecule has 1 N–H and O–H groups in total. The first-order chi connectivity index (χ1) is 13.8. The van der Waals surface area contributed by atoms with Crippen LogP contribution in [0.15, 0.2) is 34.9 Å². The van der Waals surface area contributed by atoms with Crippen molar-refractivity contribution < 1.29 is 18.8 Å². The van der Waals surface area contributed by atoms with E-state index in [9.17, 15) is 9.59 Å². The van der Waals surface area contributed by atoms with Gasteiger partial charge in [-0.15, -0.1) is 0 Å². The summed E-state index contributed by atoms with van der Waals surface area (Å²) >= 11 is 0. The second-order valence-electron chi connectivity index (χ2n) is 7.85. The molecule has 0 saturated carbocycles. The van der Waals surface area contributed by atoms with Gasteiger partial charge in [-0.25, -0.2) is 0 Å². The molecule has 3 rings (SSSR count). The second-order valence-corrected chi connectivity index (χ2v) is 7.85. The van der Waals surface area contributed by atoms with Crippen LogP contribution < -0.4 is 10.1 Å². The number of likely N-dealkylation sites (tertiary alicyclic amines) is 1. The Morgan fingerprint density at radius 3 is 2.52 bits per heavy atom. The molecule has 0 radical (unpaired) electrons. The monoisotopic (exact) mass is 399 g/mol. The van der Waals surface area contributed by atoms with Gasteiger partial charge < -0.3 is 19.5 Å². The van der Waals surface area contributed by atoms with Gasteiger partial charge in [0.1, 0.15) is 11.5 Å². The lowest BCUT2D eigenvalue weighted by Crippen LogP contribution is -2.49. The van der Waals surface area contributed by atoms with Crippen molar-refractivity contribution in [2.75, 3.05) is 13.1 Å². The molecule has 1 aliphatic heterocycles. The van der Waals surface area contributed by atoms with Gasteiger partial charge in [0.15, 0.2) is 11.8 Å². The van der Waals surface area contributed by atoms with Gasteiger partial charge in [0.25, 0.3) is 11.8 Å². The van der Waals surface area contributed by atoms with Gasteiger partial charge in [-0.1, -0.05) is 37.2 Å². The predicted octanol–water partition coefficient (Wildman–Crippen LogP) is 3.29. The highest BCUT2D eigenvalue weighted by atomic mass is 16.5. The summed E-state index contributed by atoms with van der Waals surface area (Å²) in [5.41, 5.74) is 1.38. The van der Waals surface area contributed by atoms with Crippen LogP contribution in [0.3, 0.4) is 0 Å². The van der Waals surface area contributed by atoms with Crippen molar-refractivity contribution in [2.24, 2.45) is 0 Å². The molecule has 1 unspecified atom stereocenters. The molecule has 1 atom stereocenters. The van der Waals surface area contributed by atoms with Crippen LogP contribution in [-0.2, 0) is 4.79 Å². The van der Waals surface area contributed by atoms with E-state index in [1.165, 1.54) is 0 Å². The molecule has 0 spiro atoms. The molecule has 0 aliphatic carbocycles. The van der Waals surface area contributed by atoms with E-state index >= 15 is 0 Å². The number of rotatable bonds is 6. The maximum atomic E-state index is 12.8. The van der Waals surface area contributed by atoms with Crippen molar-refractivity contribution in [2.45, 2.75) is 58.6 Å². The molecule has 156 valence electrons. The molecule has 1 saturated heterocycles. The van der Waals surface area contributed by atoms with E-state index in [1.807, 2.05) is 29.2 Å². The summed E-state index contributed by atoms with van der Waals surface area (Å²) < 4.78 is 10.9. The van der Waals surface area contributed by atoms with Gasteiger partial charge in [0.2, 0.25) is 0 Å². The predicted molar refractivity (Wildman–Crippen MR) is 109 cm³/mol. The van der Waals surface area contributed by atoms with E-state index < -0.39 is 6.10 Å². The first-order valence-corrected chi connectivity index (χ1v) is 10.1. The summed E-state index contributed by atoms with van der Waals surface area (Å²) in [4.78, 5) is 26.8. The molecule has 1 aliphatic rings. The zero-order chi connectivity index (χ0) is 21.0. The Kier molecular flexibility index (Phi) is 6.56. The molecular formula is C22H29N3O4. The molecule has 2 aromatic rings. The average Bonchev–Trinajstić information content (AvgIpc) is 3.15. The smallest absolute Gasteiger partial charge is 0.273 e. The number of piperidine rings is 1. The molecule has 7 nitrogen and oxygen atoms in total. The lowest BCUT2D eigenvalue weighted by molar-refractivity contribution is -0.139. The number of hydrogen-bond donors (Lipinski definition) is 1. The van der Waals surface area contributed by atoms with Gasteiger partial charge in [-0.2, -0.15) is 0 Å². The topological polar surface area (TPSA) is 84.7 Å². The van der Waals surface area contributed by atoms with Gasteiger partial charge in [-0.05, 0) is 44.2 Å². The Morgan fingerprint density at radius 1 is 1.21 bits per heavy atom. The third-order valence-electron chi connectivity index (χ3n) is 5.19. The van der Waals surface area contributed by atoms with Crippen LogP contribution >= 0.6 is 0 Å². The van der Waals surface area contributed by atoms with Crippen molar-refractivity contribution in [3.8, 4) is 5.75 Å². The minimum atomic E-state index is -0.556. The first kappa shape index (κ1) is 20.9. The van der Waals surface area contributed by atoms with Crippen molar-refractivity contribution >= 4 is 11.8 Å². The Bertz CT molecular complexity index is 853. The number of nitrogens with zero attached hydrogens (tertiary/aromatic N) is 2. The SMILES string of the molecule is Cc1cc(C(=O)NC2CCN(C(=O)C(C)Oc3ccccc3C(C)C)CC2)no1. The number of nitrogens with one attached hydrogen (secondary N) is 1. The van der Waals surface area contributed by atoms with E-state index in [0.29, 0.717) is 37.6 Å². The summed E-state index contributed by atoms with van der Waals surface area (Å²) in [5, 5.41) is 6.70. The number of aromatic nitrogens is 1. The number of carbonyl (C=O) groups is 2. The number of benzene rings is 1. The number of hydrogen-bond acceptors (Lipinski definition) is 5. The van der Waals surface area contributed by atoms with Crippen LogP contribution in [-0.4, -0.2) is 47.1 Å². The summed E-state index contributed by atoms with van der Waals surface area (Å²) in [7, 11) is 0. The van der Waals surface area contributed by atoms with Crippen LogP contribution in [0.1, 0.15) is 61.3 Å². The third kappa shape index (κ3) is 5.16. The fraction of sp³-hybridized carbons (Fsp3) is 0.500. The largest absolute Gasteiger partial charge is 0.481 e. The quantitative estimate of drug-likeness (QED) is 0.806. The average molecular weight is 399 g/mol. The van der Waals surface area contributed by atoms with Gasteiger partial charge in [-0.3, -0.25) is 9.59 Å². The van der Waals surface area contributed by atoms with Crippen LogP contribution in [0.5, 0.6) is 5.75 Å². The van der Waals surface area contributed by atoms with Crippen molar-refractivity contribution in [3.63, 3.8) is 0 Å². The second kappa shape index (κ2) is 9.11. The Balaban J connectivity index is 1.51. The highest BCUT2D eigenvalue weighted by Gasteiger charge is 2.28. The highest BCUT2D eigenvalue weighted by molar-refractivity contribution is 5.92. The fourth-order valence-electron chi connectivity index (χ4n) is 3.54. The van der Waals surface area contributed by atoms with E-state index in [-0.39, 0.29) is 23.6 Å². The Labute approximate surface area is 171 Å². The van der Waals surface area contributed by atoms with E-state index in [4.69, 9.17) is 9.26 Å². The Morgan fingerprint density at radius 2 is 1.90 bits per heavy atom. The van der Waals surface area contributed by atoms with Crippen LogP contribution in [0.25, 0.3) is 0 Å². The molecule has 1 aromatic carbocycles. The lowest BCUT2D eigenvalue weighted by Gasteiger charge is -2.34. The zero-order valence-electron chi connectivity index (χ0n) is 17.5. The number of carbonyl (C=O) groups excluding carboxylic acids is 2. The van der Waals surface area contributed by atoms with Crippen LogP contribution in [0, 0.1) is 6.92 Å². The molecular weight excluding hydrogens is 370 g/mol. The summed E-state index contributed by atoms with van der Waals surface area (Å²) in [6.45, 7) is 8.92. The van der Waals surface area contributed by atoms with Crippen molar-refractivity contribution in [1.29, 1.82) is 0 Å². The summed E-state index contributed by atoms with van der Waals surface area (Å²) in [6, 6.07) is 9.47. The molecule has 7 heteroatoms.